The number of nitriles is 1. The zero-order chi connectivity index (χ0) is 9.35. The van der Waals surface area contributed by atoms with E-state index >= 15 is 0 Å². The quantitative estimate of drug-likeness (QED) is 0.681. The first-order chi connectivity index (χ1) is 5.47. The lowest BCUT2D eigenvalue weighted by atomic mass is 9.96. The molecule has 1 rings (SSSR count). The van der Waals surface area contributed by atoms with Crippen molar-refractivity contribution in [2.24, 2.45) is 0 Å². The molecule has 0 atom stereocenters. The number of aromatic nitrogens is 1. The lowest BCUT2D eigenvalue weighted by Crippen LogP contribution is -2.14. The number of oxazole rings is 1. The van der Waals surface area contributed by atoms with Crippen LogP contribution in [0.25, 0.3) is 0 Å². The first kappa shape index (κ1) is 8.60. The Hall–Kier alpha value is -1.50. The number of nitrogens with two attached hydrogens (primary N) is 1. The summed E-state index contributed by atoms with van der Waals surface area (Å²) >= 11 is 0. The van der Waals surface area contributed by atoms with Crippen molar-refractivity contribution in [2.75, 3.05) is 5.73 Å². The van der Waals surface area contributed by atoms with Gasteiger partial charge in [0.05, 0.1) is 6.07 Å². The number of aryl methyl sites for hydroxylation is 1. The molecular weight excluding hydrogens is 154 g/mol. The van der Waals surface area contributed by atoms with Gasteiger partial charge in [-0.15, -0.1) is 0 Å². The van der Waals surface area contributed by atoms with E-state index in [-0.39, 0.29) is 5.88 Å². The average molecular weight is 165 g/mol. The van der Waals surface area contributed by atoms with Crippen molar-refractivity contribution in [1.82, 2.24) is 4.98 Å². The Labute approximate surface area is 71.0 Å². The smallest absolute Gasteiger partial charge is 0.217 e. The van der Waals surface area contributed by atoms with Gasteiger partial charge in [-0.3, -0.25) is 0 Å². The number of anilines is 1. The van der Waals surface area contributed by atoms with Crippen LogP contribution in [0.4, 0.5) is 5.88 Å². The molecule has 4 heteroatoms. The Bertz CT molecular complexity index is 313. The lowest BCUT2D eigenvalue weighted by Gasteiger charge is -2.08. The average Bonchev–Trinajstić information content (AvgIpc) is 2.33. The van der Waals surface area contributed by atoms with Crippen molar-refractivity contribution in [3.05, 3.63) is 11.6 Å². The van der Waals surface area contributed by atoms with E-state index in [1.54, 1.807) is 20.8 Å². The molecule has 0 bridgehead atoms. The van der Waals surface area contributed by atoms with Gasteiger partial charge in [0.25, 0.3) is 0 Å². The van der Waals surface area contributed by atoms with E-state index < -0.39 is 5.41 Å². The highest BCUT2D eigenvalue weighted by atomic mass is 16.4. The van der Waals surface area contributed by atoms with E-state index in [9.17, 15) is 0 Å². The maximum absolute atomic E-state index is 8.76. The molecule has 12 heavy (non-hydrogen) atoms. The highest BCUT2D eigenvalue weighted by molar-refractivity contribution is 5.32. The highest BCUT2D eigenvalue weighted by Crippen LogP contribution is 2.24. The lowest BCUT2D eigenvalue weighted by molar-refractivity contribution is 0.437. The van der Waals surface area contributed by atoms with Crippen molar-refractivity contribution in [3.63, 3.8) is 0 Å². The van der Waals surface area contributed by atoms with E-state index in [4.69, 9.17) is 15.4 Å². The van der Waals surface area contributed by atoms with E-state index in [1.807, 2.05) is 0 Å². The van der Waals surface area contributed by atoms with Crippen molar-refractivity contribution in [2.45, 2.75) is 26.2 Å². The second kappa shape index (κ2) is 2.52. The van der Waals surface area contributed by atoms with Crippen LogP contribution in [-0.2, 0) is 5.41 Å². The molecule has 0 radical (unpaired) electrons. The zero-order valence-corrected chi connectivity index (χ0v) is 7.38. The van der Waals surface area contributed by atoms with Crippen LogP contribution in [0.5, 0.6) is 0 Å². The number of hydrogen-bond acceptors (Lipinski definition) is 4. The summed E-state index contributed by atoms with van der Waals surface area (Å²) in [5.41, 5.74) is 5.38. The topological polar surface area (TPSA) is 75.8 Å². The van der Waals surface area contributed by atoms with Crippen molar-refractivity contribution < 1.29 is 4.42 Å². The van der Waals surface area contributed by atoms with Crippen molar-refractivity contribution in [1.29, 1.82) is 5.26 Å². The zero-order valence-electron chi connectivity index (χ0n) is 7.38. The fraction of sp³-hybridized carbons (Fsp3) is 0.500. The molecule has 0 amide bonds. The summed E-state index contributed by atoms with van der Waals surface area (Å²) in [7, 11) is 0. The van der Waals surface area contributed by atoms with Gasteiger partial charge in [-0.2, -0.15) is 5.26 Å². The molecule has 1 aromatic rings. The van der Waals surface area contributed by atoms with Gasteiger partial charge in [-0.25, -0.2) is 4.98 Å². The van der Waals surface area contributed by atoms with E-state index in [0.29, 0.717) is 11.6 Å². The maximum Gasteiger partial charge on any atom is 0.217 e. The van der Waals surface area contributed by atoms with Crippen molar-refractivity contribution >= 4 is 5.88 Å². The minimum absolute atomic E-state index is 0.285. The van der Waals surface area contributed by atoms with Gasteiger partial charge in [0, 0.05) is 0 Å². The van der Waals surface area contributed by atoms with E-state index in [2.05, 4.69) is 11.1 Å². The summed E-state index contributed by atoms with van der Waals surface area (Å²) in [5, 5.41) is 8.76. The molecule has 0 aliphatic rings. The van der Waals surface area contributed by atoms with Crippen LogP contribution >= 0.6 is 0 Å². The Morgan fingerprint density at radius 3 is 2.50 bits per heavy atom. The molecule has 0 aromatic carbocycles. The van der Waals surface area contributed by atoms with Crippen LogP contribution in [0.3, 0.4) is 0 Å². The van der Waals surface area contributed by atoms with Crippen LogP contribution in [0.15, 0.2) is 4.42 Å². The number of nitrogens with zero attached hydrogens (tertiary/aromatic N) is 2. The molecule has 0 unspecified atom stereocenters. The molecule has 2 N–H and O–H groups in total. The van der Waals surface area contributed by atoms with Crippen LogP contribution < -0.4 is 5.73 Å². The summed E-state index contributed by atoms with van der Waals surface area (Å²) in [4.78, 5) is 4.04. The molecule has 1 heterocycles. The Kier molecular flexibility index (Phi) is 1.81. The Balaban J connectivity index is 3.14. The predicted octanol–water partition coefficient (Wildman–Crippen LogP) is 1.37. The first-order valence-electron chi connectivity index (χ1n) is 3.62. The normalized spacial score (nSPS) is 11.2. The van der Waals surface area contributed by atoms with Gasteiger partial charge in [-0.1, -0.05) is 0 Å². The fourth-order valence-electron chi connectivity index (χ4n) is 0.723. The second-order valence-corrected chi connectivity index (χ2v) is 3.21. The SMILES string of the molecule is Cc1nc(C(C)(C)C#N)oc1N. The number of hydrogen-bond donors (Lipinski definition) is 1. The monoisotopic (exact) mass is 165 g/mol. The molecule has 0 aliphatic heterocycles. The summed E-state index contributed by atoms with van der Waals surface area (Å²) in [6, 6.07) is 2.09. The summed E-state index contributed by atoms with van der Waals surface area (Å²) < 4.78 is 5.11. The third kappa shape index (κ3) is 1.26. The van der Waals surface area contributed by atoms with Crippen LogP contribution in [0.1, 0.15) is 25.4 Å². The molecule has 0 fully saturated rings. The molecule has 4 nitrogen and oxygen atoms in total. The van der Waals surface area contributed by atoms with Gasteiger partial charge >= 0.3 is 0 Å². The molecule has 1 aromatic heterocycles. The number of rotatable bonds is 1. The second-order valence-electron chi connectivity index (χ2n) is 3.21. The summed E-state index contributed by atoms with van der Waals surface area (Å²) in [5.74, 6) is 0.660. The summed E-state index contributed by atoms with van der Waals surface area (Å²) in [6.07, 6.45) is 0. The van der Waals surface area contributed by atoms with Gasteiger partial charge in [-0.05, 0) is 20.8 Å². The first-order valence-corrected chi connectivity index (χ1v) is 3.62. The van der Waals surface area contributed by atoms with Gasteiger partial charge < -0.3 is 10.2 Å². The van der Waals surface area contributed by atoms with Gasteiger partial charge in [0.2, 0.25) is 11.8 Å². The third-order valence-corrected chi connectivity index (χ3v) is 1.65. The van der Waals surface area contributed by atoms with Crippen LogP contribution in [-0.4, -0.2) is 4.98 Å². The van der Waals surface area contributed by atoms with E-state index in [1.165, 1.54) is 0 Å². The minimum atomic E-state index is -0.706. The Morgan fingerprint density at radius 2 is 2.17 bits per heavy atom. The van der Waals surface area contributed by atoms with Crippen molar-refractivity contribution in [3.8, 4) is 6.07 Å². The molecular formula is C8H11N3O. The van der Waals surface area contributed by atoms with Gasteiger partial charge in [0.1, 0.15) is 11.1 Å². The molecule has 0 saturated carbocycles. The predicted molar refractivity (Wildman–Crippen MR) is 44.3 cm³/mol. The third-order valence-electron chi connectivity index (χ3n) is 1.65. The number of nitrogen functional groups attached to an aromatic ring is 1. The largest absolute Gasteiger partial charge is 0.424 e. The Morgan fingerprint density at radius 1 is 1.58 bits per heavy atom. The van der Waals surface area contributed by atoms with Crippen LogP contribution in [0, 0.1) is 18.3 Å². The molecule has 0 saturated heterocycles. The molecule has 64 valence electrons. The highest BCUT2D eigenvalue weighted by Gasteiger charge is 2.26. The van der Waals surface area contributed by atoms with E-state index in [0.717, 1.165) is 0 Å². The maximum atomic E-state index is 8.76. The standard InChI is InChI=1S/C8H11N3O/c1-5-6(10)12-7(11-5)8(2,3)4-9/h10H2,1-3H3. The fourth-order valence-corrected chi connectivity index (χ4v) is 0.723. The summed E-state index contributed by atoms with van der Waals surface area (Å²) in [6.45, 7) is 5.21. The minimum Gasteiger partial charge on any atom is -0.424 e. The molecule has 0 aliphatic carbocycles. The van der Waals surface area contributed by atoms with Gasteiger partial charge in [0.15, 0.2) is 0 Å². The van der Waals surface area contributed by atoms with Crippen LogP contribution in [0.2, 0.25) is 0 Å². The molecule has 0 spiro atoms.